The molecule has 26 heavy (non-hydrogen) atoms. The Hall–Kier alpha value is -3.16. The summed E-state index contributed by atoms with van der Waals surface area (Å²) in [4.78, 5) is 24.0. The van der Waals surface area contributed by atoms with Crippen molar-refractivity contribution in [3.05, 3.63) is 54.4 Å². The Balaban J connectivity index is 1.34. The lowest BCUT2D eigenvalue weighted by molar-refractivity contribution is 0.194. The monoisotopic (exact) mass is 355 g/mol. The van der Waals surface area contributed by atoms with Gasteiger partial charge in [-0.1, -0.05) is 12.1 Å². The number of nitrogens with zero attached hydrogens (tertiary/aromatic N) is 4. The molecule has 0 aliphatic carbocycles. The third-order valence-electron chi connectivity index (χ3n) is 4.53. The Bertz CT molecular complexity index is 921. The van der Waals surface area contributed by atoms with Crippen LogP contribution in [0.4, 0.5) is 14.9 Å². The van der Waals surface area contributed by atoms with E-state index in [9.17, 15) is 9.18 Å². The zero-order valence-corrected chi connectivity index (χ0v) is 14.1. The van der Waals surface area contributed by atoms with Gasteiger partial charge in [-0.25, -0.2) is 14.2 Å². The molecule has 1 aliphatic rings. The van der Waals surface area contributed by atoms with Crippen molar-refractivity contribution < 1.29 is 13.6 Å². The normalized spacial score (nSPS) is 14.7. The number of benzene rings is 1. The minimum absolute atomic E-state index is 0.142. The smallest absolute Gasteiger partial charge is 0.317 e. The zero-order valence-electron chi connectivity index (χ0n) is 14.1. The number of para-hydroxylation sites is 1. The summed E-state index contributed by atoms with van der Waals surface area (Å²) < 4.78 is 19.2. The highest BCUT2D eigenvalue weighted by Crippen LogP contribution is 2.20. The van der Waals surface area contributed by atoms with E-state index in [4.69, 9.17) is 4.42 Å². The van der Waals surface area contributed by atoms with E-state index in [2.05, 4.69) is 15.3 Å². The standard InChI is InChI=1S/C18H18FN5O2/c19-14-11-20-5-4-16(14)23-6-8-24(9-7-23)18(25)21-10-13-2-1-3-15-17(13)26-12-22-15/h1-5,11-12H,6-10H2,(H,21,25). The van der Waals surface area contributed by atoms with Crippen LogP contribution in [-0.4, -0.2) is 47.1 Å². The number of anilines is 1. The Morgan fingerprint density at radius 2 is 2.08 bits per heavy atom. The third-order valence-corrected chi connectivity index (χ3v) is 4.53. The summed E-state index contributed by atoms with van der Waals surface area (Å²) in [6, 6.07) is 7.16. The molecule has 0 radical (unpaired) electrons. The number of carbonyl (C=O) groups excluding carboxylic acids is 1. The summed E-state index contributed by atoms with van der Waals surface area (Å²) in [6.07, 6.45) is 4.17. The molecule has 134 valence electrons. The minimum atomic E-state index is -0.342. The molecule has 0 saturated carbocycles. The molecule has 1 aliphatic heterocycles. The summed E-state index contributed by atoms with van der Waals surface area (Å²) in [7, 11) is 0. The van der Waals surface area contributed by atoms with Crippen molar-refractivity contribution in [2.45, 2.75) is 6.54 Å². The Morgan fingerprint density at radius 3 is 2.88 bits per heavy atom. The maximum absolute atomic E-state index is 13.8. The number of halogens is 1. The van der Waals surface area contributed by atoms with Gasteiger partial charge in [0.25, 0.3) is 0 Å². The highest BCUT2D eigenvalue weighted by Gasteiger charge is 2.22. The molecule has 0 unspecified atom stereocenters. The SMILES string of the molecule is O=C(NCc1cccc2ncoc12)N1CCN(c2ccncc2F)CC1. The van der Waals surface area contributed by atoms with E-state index in [1.165, 1.54) is 12.6 Å². The van der Waals surface area contributed by atoms with Crippen molar-refractivity contribution in [3.63, 3.8) is 0 Å². The lowest BCUT2D eigenvalue weighted by Crippen LogP contribution is -2.51. The van der Waals surface area contributed by atoms with Crippen LogP contribution >= 0.6 is 0 Å². The minimum Gasteiger partial charge on any atom is -0.443 e. The number of rotatable bonds is 3. The van der Waals surface area contributed by atoms with Gasteiger partial charge in [0.15, 0.2) is 17.8 Å². The highest BCUT2D eigenvalue weighted by molar-refractivity contribution is 5.78. The van der Waals surface area contributed by atoms with Gasteiger partial charge >= 0.3 is 6.03 Å². The van der Waals surface area contributed by atoms with Crippen LogP contribution in [-0.2, 0) is 6.54 Å². The second-order valence-electron chi connectivity index (χ2n) is 6.08. The molecule has 1 N–H and O–H groups in total. The maximum atomic E-state index is 13.8. The highest BCUT2D eigenvalue weighted by atomic mass is 19.1. The number of hydrogen-bond donors (Lipinski definition) is 1. The maximum Gasteiger partial charge on any atom is 0.317 e. The topological polar surface area (TPSA) is 74.5 Å². The van der Waals surface area contributed by atoms with E-state index < -0.39 is 0 Å². The van der Waals surface area contributed by atoms with Gasteiger partial charge < -0.3 is 19.5 Å². The van der Waals surface area contributed by atoms with Crippen molar-refractivity contribution in [2.75, 3.05) is 31.1 Å². The molecule has 1 aromatic carbocycles. The summed E-state index contributed by atoms with van der Waals surface area (Å²) in [6.45, 7) is 2.57. The van der Waals surface area contributed by atoms with Gasteiger partial charge in [-0.3, -0.25) is 4.98 Å². The molecule has 8 heteroatoms. The number of oxazole rings is 1. The molecular weight excluding hydrogens is 337 g/mol. The first-order valence-corrected chi connectivity index (χ1v) is 8.41. The van der Waals surface area contributed by atoms with Crippen LogP contribution < -0.4 is 10.2 Å². The Labute approximate surface area is 149 Å². The molecule has 1 saturated heterocycles. The van der Waals surface area contributed by atoms with E-state index in [1.54, 1.807) is 17.2 Å². The number of aromatic nitrogens is 2. The van der Waals surface area contributed by atoms with Gasteiger partial charge in [-0.15, -0.1) is 0 Å². The van der Waals surface area contributed by atoms with Crippen LogP contribution in [0.2, 0.25) is 0 Å². The second-order valence-corrected chi connectivity index (χ2v) is 6.08. The van der Waals surface area contributed by atoms with Crippen LogP contribution in [0.15, 0.2) is 47.5 Å². The Kier molecular flexibility index (Phi) is 4.39. The fourth-order valence-electron chi connectivity index (χ4n) is 3.14. The van der Waals surface area contributed by atoms with E-state index in [-0.39, 0.29) is 11.8 Å². The molecule has 1 fully saturated rings. The lowest BCUT2D eigenvalue weighted by atomic mass is 10.2. The largest absolute Gasteiger partial charge is 0.443 e. The van der Waals surface area contributed by atoms with Gasteiger partial charge in [0.2, 0.25) is 0 Å². The van der Waals surface area contributed by atoms with Crippen molar-refractivity contribution in [1.29, 1.82) is 0 Å². The van der Waals surface area contributed by atoms with E-state index in [0.29, 0.717) is 44.0 Å². The number of nitrogens with one attached hydrogen (secondary N) is 1. The van der Waals surface area contributed by atoms with Crippen molar-refractivity contribution in [3.8, 4) is 0 Å². The molecule has 0 atom stereocenters. The van der Waals surface area contributed by atoms with Gasteiger partial charge in [0.1, 0.15) is 5.52 Å². The number of carbonyl (C=O) groups is 1. The first-order valence-electron chi connectivity index (χ1n) is 8.41. The fourth-order valence-corrected chi connectivity index (χ4v) is 3.14. The second kappa shape index (κ2) is 6.99. The summed E-state index contributed by atoms with van der Waals surface area (Å²) >= 11 is 0. The van der Waals surface area contributed by atoms with Crippen LogP contribution in [0.5, 0.6) is 0 Å². The van der Waals surface area contributed by atoms with Gasteiger partial charge in [0, 0.05) is 44.5 Å². The third kappa shape index (κ3) is 3.17. The average Bonchev–Trinajstić information content (AvgIpc) is 3.16. The molecule has 0 bridgehead atoms. The number of fused-ring (bicyclic) bond motifs is 1. The first-order chi connectivity index (χ1) is 12.7. The molecule has 0 spiro atoms. The van der Waals surface area contributed by atoms with Crippen molar-refractivity contribution in [1.82, 2.24) is 20.2 Å². The molecular formula is C18H18FN5O2. The molecule has 3 aromatic rings. The van der Waals surface area contributed by atoms with Crippen LogP contribution in [0.1, 0.15) is 5.56 Å². The fraction of sp³-hybridized carbons (Fsp3) is 0.278. The predicted octanol–water partition coefficient (Wildman–Crippen LogP) is 2.39. The number of piperazine rings is 1. The van der Waals surface area contributed by atoms with Crippen LogP contribution in [0.25, 0.3) is 11.1 Å². The number of amides is 2. The molecule has 7 nitrogen and oxygen atoms in total. The van der Waals surface area contributed by atoms with Crippen LogP contribution in [0, 0.1) is 5.82 Å². The molecule has 2 aromatic heterocycles. The summed E-state index contributed by atoms with van der Waals surface area (Å²) in [5.74, 6) is -0.342. The first kappa shape index (κ1) is 16.3. The number of hydrogen-bond acceptors (Lipinski definition) is 5. The number of urea groups is 1. The Morgan fingerprint density at radius 1 is 1.23 bits per heavy atom. The predicted molar refractivity (Wildman–Crippen MR) is 94.2 cm³/mol. The zero-order chi connectivity index (χ0) is 17.9. The van der Waals surface area contributed by atoms with Gasteiger partial charge in [-0.2, -0.15) is 0 Å². The summed E-state index contributed by atoms with van der Waals surface area (Å²) in [5.41, 5.74) is 2.86. The lowest BCUT2D eigenvalue weighted by Gasteiger charge is -2.36. The average molecular weight is 355 g/mol. The molecule has 4 rings (SSSR count). The van der Waals surface area contributed by atoms with Crippen molar-refractivity contribution in [2.24, 2.45) is 0 Å². The van der Waals surface area contributed by atoms with Crippen molar-refractivity contribution >= 4 is 22.8 Å². The van der Waals surface area contributed by atoms with Crippen LogP contribution in [0.3, 0.4) is 0 Å². The molecule has 2 amide bonds. The van der Waals surface area contributed by atoms with Gasteiger partial charge in [-0.05, 0) is 12.1 Å². The van der Waals surface area contributed by atoms with Gasteiger partial charge in [0.05, 0.1) is 11.9 Å². The quantitative estimate of drug-likeness (QED) is 0.781. The van der Waals surface area contributed by atoms with E-state index >= 15 is 0 Å². The number of pyridine rings is 1. The van der Waals surface area contributed by atoms with E-state index in [0.717, 1.165) is 11.1 Å². The molecule has 3 heterocycles. The van der Waals surface area contributed by atoms with E-state index in [1.807, 2.05) is 23.1 Å². The summed E-state index contributed by atoms with van der Waals surface area (Å²) in [5, 5.41) is 2.91.